The molecule has 1 aliphatic heterocycles. The minimum atomic E-state index is -0.716. The maximum atomic E-state index is 13.1. The SMILES string of the molecule is O=C(Oc1cc(F)ccc1[N+](=O)[O-])C1CCOCC1. The Hall–Kier alpha value is -2.02. The van der Waals surface area contributed by atoms with E-state index < -0.39 is 22.4 Å². The summed E-state index contributed by atoms with van der Waals surface area (Å²) in [5, 5.41) is 10.8. The van der Waals surface area contributed by atoms with E-state index >= 15 is 0 Å². The normalized spacial score (nSPS) is 16.1. The molecular formula is C12H12FNO5. The molecule has 0 aromatic heterocycles. The molecule has 0 bridgehead atoms. The summed E-state index contributed by atoms with van der Waals surface area (Å²) in [5.74, 6) is -2.00. The van der Waals surface area contributed by atoms with Gasteiger partial charge in [-0.05, 0) is 18.9 Å². The van der Waals surface area contributed by atoms with Crippen LogP contribution in [0.1, 0.15) is 12.8 Å². The van der Waals surface area contributed by atoms with Gasteiger partial charge in [0.15, 0.2) is 0 Å². The van der Waals surface area contributed by atoms with E-state index in [4.69, 9.17) is 9.47 Å². The molecule has 7 heteroatoms. The first-order chi connectivity index (χ1) is 9.08. The fourth-order valence-corrected chi connectivity index (χ4v) is 1.85. The van der Waals surface area contributed by atoms with Crippen LogP contribution in [0.15, 0.2) is 18.2 Å². The molecule has 0 amide bonds. The van der Waals surface area contributed by atoms with E-state index in [1.54, 1.807) is 0 Å². The third-order valence-corrected chi connectivity index (χ3v) is 2.88. The highest BCUT2D eigenvalue weighted by molar-refractivity contribution is 5.76. The Morgan fingerprint density at radius 3 is 2.74 bits per heavy atom. The lowest BCUT2D eigenvalue weighted by Crippen LogP contribution is -2.27. The molecule has 0 spiro atoms. The summed E-state index contributed by atoms with van der Waals surface area (Å²) >= 11 is 0. The minimum Gasteiger partial charge on any atom is -0.419 e. The molecule has 0 saturated carbocycles. The summed E-state index contributed by atoms with van der Waals surface area (Å²) in [4.78, 5) is 21.9. The molecule has 0 radical (unpaired) electrons. The number of hydrogen-bond acceptors (Lipinski definition) is 5. The zero-order valence-electron chi connectivity index (χ0n) is 10.0. The molecule has 0 atom stereocenters. The smallest absolute Gasteiger partial charge is 0.314 e. The van der Waals surface area contributed by atoms with Crippen LogP contribution in [0, 0.1) is 21.8 Å². The van der Waals surface area contributed by atoms with Gasteiger partial charge in [0.1, 0.15) is 5.82 Å². The Labute approximate surface area is 108 Å². The monoisotopic (exact) mass is 269 g/mol. The van der Waals surface area contributed by atoms with E-state index in [0.717, 1.165) is 18.2 Å². The van der Waals surface area contributed by atoms with Crippen LogP contribution in [0.3, 0.4) is 0 Å². The average molecular weight is 269 g/mol. The molecule has 6 nitrogen and oxygen atoms in total. The van der Waals surface area contributed by atoms with Crippen LogP contribution < -0.4 is 4.74 Å². The van der Waals surface area contributed by atoms with Gasteiger partial charge in [0.05, 0.1) is 10.8 Å². The number of esters is 1. The van der Waals surface area contributed by atoms with Crippen molar-refractivity contribution in [2.45, 2.75) is 12.8 Å². The second-order valence-electron chi connectivity index (χ2n) is 4.18. The van der Waals surface area contributed by atoms with Crippen molar-refractivity contribution in [2.24, 2.45) is 5.92 Å². The molecule has 1 aromatic rings. The number of carbonyl (C=O) groups is 1. The second-order valence-corrected chi connectivity index (χ2v) is 4.18. The third kappa shape index (κ3) is 3.25. The van der Waals surface area contributed by atoms with E-state index in [1.165, 1.54) is 0 Å². The van der Waals surface area contributed by atoms with Gasteiger partial charge in [-0.15, -0.1) is 0 Å². The number of nitro groups is 1. The Balaban J connectivity index is 2.15. The highest BCUT2D eigenvalue weighted by atomic mass is 19.1. The predicted molar refractivity (Wildman–Crippen MR) is 62.2 cm³/mol. The van der Waals surface area contributed by atoms with E-state index in [-0.39, 0.29) is 11.7 Å². The number of halogens is 1. The summed E-state index contributed by atoms with van der Waals surface area (Å²) in [6.45, 7) is 0.899. The Kier molecular flexibility index (Phi) is 4.06. The van der Waals surface area contributed by atoms with Crippen molar-refractivity contribution in [2.75, 3.05) is 13.2 Å². The Morgan fingerprint density at radius 1 is 1.42 bits per heavy atom. The molecule has 2 rings (SSSR count). The number of benzene rings is 1. The van der Waals surface area contributed by atoms with Crippen molar-refractivity contribution in [3.63, 3.8) is 0 Å². The first kappa shape index (κ1) is 13.4. The Bertz CT molecular complexity index is 499. The van der Waals surface area contributed by atoms with Gasteiger partial charge in [0.2, 0.25) is 5.75 Å². The molecule has 1 aliphatic rings. The molecule has 19 heavy (non-hydrogen) atoms. The molecule has 0 aliphatic carbocycles. The fraction of sp³-hybridized carbons (Fsp3) is 0.417. The van der Waals surface area contributed by atoms with Crippen LogP contribution in [0.2, 0.25) is 0 Å². The summed E-state index contributed by atoms with van der Waals surface area (Å²) in [6, 6.07) is 2.77. The van der Waals surface area contributed by atoms with Gasteiger partial charge < -0.3 is 9.47 Å². The van der Waals surface area contributed by atoms with Crippen molar-refractivity contribution in [3.05, 3.63) is 34.1 Å². The first-order valence-corrected chi connectivity index (χ1v) is 5.81. The van der Waals surface area contributed by atoms with Gasteiger partial charge >= 0.3 is 11.7 Å². The van der Waals surface area contributed by atoms with Gasteiger partial charge in [-0.3, -0.25) is 14.9 Å². The summed E-state index contributed by atoms with van der Waals surface area (Å²) in [7, 11) is 0. The summed E-state index contributed by atoms with van der Waals surface area (Å²) < 4.78 is 23.1. The number of carbonyl (C=O) groups excluding carboxylic acids is 1. The quantitative estimate of drug-likeness (QED) is 0.363. The molecule has 1 heterocycles. The number of nitrogens with zero attached hydrogens (tertiary/aromatic N) is 1. The highest BCUT2D eigenvalue weighted by Gasteiger charge is 2.26. The van der Waals surface area contributed by atoms with Crippen molar-refractivity contribution in [1.82, 2.24) is 0 Å². The van der Waals surface area contributed by atoms with E-state index in [0.29, 0.717) is 26.1 Å². The average Bonchev–Trinajstić information content (AvgIpc) is 2.39. The number of rotatable bonds is 3. The summed E-state index contributed by atoms with van der Waals surface area (Å²) in [6.07, 6.45) is 1.00. The van der Waals surface area contributed by atoms with Crippen molar-refractivity contribution in [3.8, 4) is 5.75 Å². The van der Waals surface area contributed by atoms with Crippen molar-refractivity contribution in [1.29, 1.82) is 0 Å². The van der Waals surface area contributed by atoms with E-state index in [2.05, 4.69) is 0 Å². The van der Waals surface area contributed by atoms with Crippen LogP contribution in [-0.2, 0) is 9.53 Å². The lowest BCUT2D eigenvalue weighted by Gasteiger charge is -2.20. The van der Waals surface area contributed by atoms with Crippen molar-refractivity contribution < 1.29 is 23.6 Å². The number of nitro benzene ring substituents is 1. The highest BCUT2D eigenvalue weighted by Crippen LogP contribution is 2.29. The van der Waals surface area contributed by atoms with Gasteiger partial charge in [0.25, 0.3) is 0 Å². The van der Waals surface area contributed by atoms with Gasteiger partial charge in [0, 0.05) is 25.3 Å². The minimum absolute atomic E-state index is 0.360. The van der Waals surface area contributed by atoms with Gasteiger partial charge in [-0.1, -0.05) is 0 Å². The molecule has 102 valence electrons. The topological polar surface area (TPSA) is 78.7 Å². The van der Waals surface area contributed by atoms with Gasteiger partial charge in [-0.2, -0.15) is 0 Å². The summed E-state index contributed by atoms with van der Waals surface area (Å²) in [5.41, 5.74) is -0.429. The standard InChI is InChI=1S/C12H12FNO5/c13-9-1-2-10(14(16)17)11(7-9)19-12(15)8-3-5-18-6-4-8/h1-2,7-8H,3-6H2. The predicted octanol–water partition coefficient (Wildman–Crippen LogP) is 2.07. The third-order valence-electron chi connectivity index (χ3n) is 2.88. The Morgan fingerprint density at radius 2 is 2.11 bits per heavy atom. The van der Waals surface area contributed by atoms with E-state index in [1.807, 2.05) is 0 Å². The largest absolute Gasteiger partial charge is 0.419 e. The van der Waals surface area contributed by atoms with Crippen LogP contribution in [0.4, 0.5) is 10.1 Å². The molecule has 1 saturated heterocycles. The van der Waals surface area contributed by atoms with Crippen LogP contribution in [0.25, 0.3) is 0 Å². The van der Waals surface area contributed by atoms with Crippen molar-refractivity contribution >= 4 is 11.7 Å². The zero-order valence-corrected chi connectivity index (χ0v) is 10.0. The van der Waals surface area contributed by atoms with E-state index in [9.17, 15) is 19.3 Å². The molecule has 1 fully saturated rings. The maximum absolute atomic E-state index is 13.1. The van der Waals surface area contributed by atoms with Crippen LogP contribution in [0.5, 0.6) is 5.75 Å². The van der Waals surface area contributed by atoms with Crippen LogP contribution in [-0.4, -0.2) is 24.1 Å². The lowest BCUT2D eigenvalue weighted by molar-refractivity contribution is -0.385. The number of ether oxygens (including phenoxy) is 2. The number of hydrogen-bond donors (Lipinski definition) is 0. The molecule has 0 N–H and O–H groups in total. The lowest BCUT2D eigenvalue weighted by atomic mass is 10.0. The molecule has 0 unspecified atom stereocenters. The molecule has 1 aromatic carbocycles. The fourth-order valence-electron chi connectivity index (χ4n) is 1.85. The first-order valence-electron chi connectivity index (χ1n) is 5.81. The zero-order chi connectivity index (χ0) is 13.8. The van der Waals surface area contributed by atoms with Crippen LogP contribution >= 0.6 is 0 Å². The second kappa shape index (κ2) is 5.75. The molecular weight excluding hydrogens is 257 g/mol. The maximum Gasteiger partial charge on any atom is 0.314 e. The van der Waals surface area contributed by atoms with Gasteiger partial charge in [-0.25, -0.2) is 4.39 Å².